The third-order valence-electron chi connectivity index (χ3n) is 2.69. The van der Waals surface area contributed by atoms with Crippen LogP contribution in [-0.4, -0.2) is 16.1 Å². The first-order chi connectivity index (χ1) is 7.59. The molecule has 1 aromatic heterocycles. The number of carboxylic acid groups (broad SMARTS) is 1. The molecule has 0 radical (unpaired) electrons. The van der Waals surface area contributed by atoms with Gasteiger partial charge in [0.1, 0.15) is 5.82 Å². The Balaban J connectivity index is 2.37. The zero-order valence-corrected chi connectivity index (χ0v) is 8.83. The lowest BCUT2D eigenvalue weighted by Crippen LogP contribution is -2.13. The second kappa shape index (κ2) is 3.96. The molecule has 1 atom stereocenters. The van der Waals surface area contributed by atoms with Crippen LogP contribution in [0.4, 0.5) is 4.39 Å². The molecule has 3 nitrogen and oxygen atoms in total. The Labute approximate surface area is 91.9 Å². The molecule has 16 heavy (non-hydrogen) atoms. The summed E-state index contributed by atoms with van der Waals surface area (Å²) in [5.74, 6) is -1.84. The number of carboxylic acids is 1. The highest BCUT2D eigenvalue weighted by Gasteiger charge is 2.15. The van der Waals surface area contributed by atoms with E-state index in [0.29, 0.717) is 11.1 Å². The van der Waals surface area contributed by atoms with Gasteiger partial charge in [0.2, 0.25) is 0 Å². The number of hydrogen-bond donors (Lipinski definition) is 2. The monoisotopic (exact) mass is 221 g/mol. The molecule has 0 amide bonds. The number of fused-ring (bicyclic) bond motifs is 1. The first-order valence-corrected chi connectivity index (χ1v) is 5.07. The summed E-state index contributed by atoms with van der Waals surface area (Å²) >= 11 is 0. The molecule has 4 heteroatoms. The Bertz CT molecular complexity index is 533. The van der Waals surface area contributed by atoms with Crippen molar-refractivity contribution in [2.75, 3.05) is 0 Å². The Kier molecular flexibility index (Phi) is 2.64. The average Bonchev–Trinajstić information content (AvgIpc) is 2.70. The Morgan fingerprint density at radius 3 is 2.94 bits per heavy atom. The maximum Gasteiger partial charge on any atom is 0.306 e. The Hall–Kier alpha value is -1.84. The van der Waals surface area contributed by atoms with Gasteiger partial charge in [-0.05, 0) is 18.1 Å². The summed E-state index contributed by atoms with van der Waals surface area (Å²) in [4.78, 5) is 13.5. The molecule has 2 N–H and O–H groups in total. The van der Waals surface area contributed by atoms with Crippen molar-refractivity contribution in [3.05, 3.63) is 35.8 Å². The van der Waals surface area contributed by atoms with E-state index >= 15 is 0 Å². The fourth-order valence-electron chi connectivity index (χ4n) is 1.71. The third kappa shape index (κ3) is 1.78. The van der Waals surface area contributed by atoms with Crippen LogP contribution >= 0.6 is 0 Å². The van der Waals surface area contributed by atoms with E-state index in [1.807, 2.05) is 0 Å². The molecule has 0 spiro atoms. The second-order valence-electron chi connectivity index (χ2n) is 3.92. The van der Waals surface area contributed by atoms with Gasteiger partial charge in [0.25, 0.3) is 0 Å². The summed E-state index contributed by atoms with van der Waals surface area (Å²) in [6, 6.07) is 5.21. The third-order valence-corrected chi connectivity index (χ3v) is 2.69. The van der Waals surface area contributed by atoms with Crippen LogP contribution in [0.25, 0.3) is 10.9 Å². The number of halogens is 1. The molecule has 0 bridgehead atoms. The highest BCUT2D eigenvalue weighted by Crippen LogP contribution is 2.21. The molecule has 0 saturated carbocycles. The lowest BCUT2D eigenvalue weighted by molar-refractivity contribution is -0.141. The van der Waals surface area contributed by atoms with Crippen molar-refractivity contribution in [3.8, 4) is 0 Å². The molecule has 0 saturated heterocycles. The van der Waals surface area contributed by atoms with Gasteiger partial charge in [-0.3, -0.25) is 4.79 Å². The summed E-state index contributed by atoms with van der Waals surface area (Å²) in [5, 5.41) is 9.57. The van der Waals surface area contributed by atoms with E-state index in [1.54, 1.807) is 31.3 Å². The maximum atomic E-state index is 13.9. The number of benzene rings is 1. The van der Waals surface area contributed by atoms with Crippen molar-refractivity contribution in [2.45, 2.75) is 13.3 Å². The van der Waals surface area contributed by atoms with Crippen molar-refractivity contribution in [1.29, 1.82) is 0 Å². The second-order valence-corrected chi connectivity index (χ2v) is 3.92. The number of rotatable bonds is 3. The van der Waals surface area contributed by atoms with Gasteiger partial charge in [0, 0.05) is 11.6 Å². The lowest BCUT2D eigenvalue weighted by Gasteiger charge is -2.07. The van der Waals surface area contributed by atoms with Crippen LogP contribution in [0.5, 0.6) is 0 Å². The van der Waals surface area contributed by atoms with E-state index in [9.17, 15) is 9.18 Å². The zero-order chi connectivity index (χ0) is 11.7. The molecule has 84 valence electrons. The van der Waals surface area contributed by atoms with Crippen LogP contribution in [0.3, 0.4) is 0 Å². The van der Waals surface area contributed by atoms with Gasteiger partial charge in [0.15, 0.2) is 0 Å². The summed E-state index contributed by atoms with van der Waals surface area (Å²) in [5.41, 5.74) is 0.875. The van der Waals surface area contributed by atoms with Crippen molar-refractivity contribution >= 4 is 16.9 Å². The summed E-state index contributed by atoms with van der Waals surface area (Å²) < 4.78 is 13.9. The largest absolute Gasteiger partial charge is 0.481 e. The Morgan fingerprint density at radius 1 is 1.50 bits per heavy atom. The minimum atomic E-state index is -0.911. The fraction of sp³-hybridized carbons (Fsp3) is 0.250. The van der Waals surface area contributed by atoms with Crippen LogP contribution in [0, 0.1) is 11.7 Å². The quantitative estimate of drug-likeness (QED) is 0.836. The van der Waals surface area contributed by atoms with E-state index in [-0.39, 0.29) is 12.2 Å². The molecule has 1 aromatic carbocycles. The highest BCUT2D eigenvalue weighted by atomic mass is 19.1. The van der Waals surface area contributed by atoms with Crippen LogP contribution in [0.1, 0.15) is 12.5 Å². The molecular weight excluding hydrogens is 209 g/mol. The molecule has 0 aliphatic carbocycles. The van der Waals surface area contributed by atoms with Gasteiger partial charge in [-0.2, -0.15) is 0 Å². The standard InChI is InChI=1S/C12H12FNO2/c1-7(12(15)16)6-9-3-2-8-4-5-14-11(8)10(9)13/h2-5,7,14H,6H2,1H3,(H,15,16). The Morgan fingerprint density at radius 2 is 2.25 bits per heavy atom. The maximum absolute atomic E-state index is 13.9. The molecule has 2 aromatic rings. The first-order valence-electron chi connectivity index (χ1n) is 5.07. The molecule has 0 aliphatic rings. The average molecular weight is 221 g/mol. The summed E-state index contributed by atoms with van der Waals surface area (Å²) in [6.45, 7) is 1.57. The lowest BCUT2D eigenvalue weighted by atomic mass is 10.00. The van der Waals surface area contributed by atoms with E-state index in [1.165, 1.54) is 0 Å². The number of carbonyl (C=O) groups is 1. The fourth-order valence-corrected chi connectivity index (χ4v) is 1.71. The van der Waals surface area contributed by atoms with E-state index in [4.69, 9.17) is 5.11 Å². The minimum Gasteiger partial charge on any atom is -0.481 e. The van der Waals surface area contributed by atoms with E-state index in [0.717, 1.165) is 5.39 Å². The highest BCUT2D eigenvalue weighted by molar-refractivity contribution is 5.81. The van der Waals surface area contributed by atoms with Crippen LogP contribution in [-0.2, 0) is 11.2 Å². The van der Waals surface area contributed by atoms with Gasteiger partial charge >= 0.3 is 5.97 Å². The summed E-state index contributed by atoms with van der Waals surface area (Å²) in [7, 11) is 0. The molecule has 0 aliphatic heterocycles. The number of aliphatic carboxylic acids is 1. The van der Waals surface area contributed by atoms with Crippen LogP contribution in [0.2, 0.25) is 0 Å². The van der Waals surface area contributed by atoms with Crippen LogP contribution in [0.15, 0.2) is 24.4 Å². The number of hydrogen-bond acceptors (Lipinski definition) is 1. The number of nitrogens with one attached hydrogen (secondary N) is 1. The molecular formula is C12H12FNO2. The number of aromatic amines is 1. The van der Waals surface area contributed by atoms with Gasteiger partial charge in [0.05, 0.1) is 11.4 Å². The number of H-pyrrole nitrogens is 1. The van der Waals surface area contributed by atoms with E-state index in [2.05, 4.69) is 4.98 Å². The van der Waals surface area contributed by atoms with Gasteiger partial charge in [-0.25, -0.2) is 4.39 Å². The van der Waals surface area contributed by atoms with Gasteiger partial charge < -0.3 is 10.1 Å². The molecule has 2 rings (SSSR count). The van der Waals surface area contributed by atoms with Crippen molar-refractivity contribution < 1.29 is 14.3 Å². The van der Waals surface area contributed by atoms with Crippen LogP contribution < -0.4 is 0 Å². The molecule has 0 fully saturated rings. The van der Waals surface area contributed by atoms with Crippen molar-refractivity contribution in [3.63, 3.8) is 0 Å². The summed E-state index contributed by atoms with van der Waals surface area (Å²) in [6.07, 6.45) is 1.87. The van der Waals surface area contributed by atoms with Gasteiger partial charge in [-0.15, -0.1) is 0 Å². The predicted molar refractivity (Wildman–Crippen MR) is 58.8 cm³/mol. The number of aromatic nitrogens is 1. The first kappa shape index (κ1) is 10.7. The van der Waals surface area contributed by atoms with E-state index < -0.39 is 11.9 Å². The SMILES string of the molecule is CC(Cc1ccc2cc[nH]c2c1F)C(=O)O. The topological polar surface area (TPSA) is 53.1 Å². The van der Waals surface area contributed by atoms with Crippen molar-refractivity contribution in [2.24, 2.45) is 5.92 Å². The predicted octanol–water partition coefficient (Wildman–Crippen LogP) is 2.57. The zero-order valence-electron chi connectivity index (χ0n) is 8.83. The molecule has 1 unspecified atom stereocenters. The molecule has 1 heterocycles. The van der Waals surface area contributed by atoms with Gasteiger partial charge in [-0.1, -0.05) is 19.1 Å². The minimum absolute atomic E-state index is 0.204. The smallest absolute Gasteiger partial charge is 0.306 e. The van der Waals surface area contributed by atoms with Crippen molar-refractivity contribution in [1.82, 2.24) is 4.98 Å². The normalized spacial score (nSPS) is 12.9.